The predicted molar refractivity (Wildman–Crippen MR) is 74.0 cm³/mol. The van der Waals surface area contributed by atoms with Gasteiger partial charge in [-0.15, -0.1) is 0 Å². The van der Waals surface area contributed by atoms with Gasteiger partial charge in [-0.05, 0) is 12.1 Å². The fourth-order valence-corrected chi connectivity index (χ4v) is 2.33. The third-order valence-electron chi connectivity index (χ3n) is 3.31. The van der Waals surface area contributed by atoms with Crippen molar-refractivity contribution in [2.24, 2.45) is 0 Å². The minimum Gasteiger partial charge on any atom is -0.390 e. The van der Waals surface area contributed by atoms with Crippen LogP contribution in [-0.2, 0) is 6.61 Å². The maximum Gasteiger partial charge on any atom is 0.233 e. The number of rotatable bonds is 2. The van der Waals surface area contributed by atoms with Gasteiger partial charge in [0.25, 0.3) is 0 Å². The first-order chi connectivity index (χ1) is 9.85. The number of imidazole rings is 1. The lowest BCUT2D eigenvalue weighted by Crippen LogP contribution is -1.90. The van der Waals surface area contributed by atoms with Gasteiger partial charge in [0.1, 0.15) is 5.65 Å². The van der Waals surface area contributed by atoms with Crippen LogP contribution >= 0.6 is 0 Å². The van der Waals surface area contributed by atoms with Gasteiger partial charge in [0.2, 0.25) is 5.78 Å². The maximum absolute atomic E-state index is 9.12. The average molecular weight is 265 g/mol. The highest BCUT2D eigenvalue weighted by molar-refractivity contribution is 5.93. The first-order valence-electron chi connectivity index (χ1n) is 6.22. The summed E-state index contributed by atoms with van der Waals surface area (Å²) in [6.07, 6.45) is 9.26. The van der Waals surface area contributed by atoms with Gasteiger partial charge in [-0.3, -0.25) is 4.40 Å². The summed E-state index contributed by atoms with van der Waals surface area (Å²) in [6, 6.07) is 3.78. The Balaban J connectivity index is 1.92. The van der Waals surface area contributed by atoms with Crippen LogP contribution in [-0.4, -0.2) is 29.4 Å². The Morgan fingerprint density at radius 1 is 1.25 bits per heavy atom. The number of nitrogens with zero attached hydrogens (tertiary/aromatic N) is 4. The van der Waals surface area contributed by atoms with Crippen molar-refractivity contribution in [2.45, 2.75) is 6.61 Å². The zero-order valence-electron chi connectivity index (χ0n) is 10.5. The van der Waals surface area contributed by atoms with Crippen LogP contribution < -0.4 is 0 Å². The molecule has 0 aliphatic rings. The van der Waals surface area contributed by atoms with Crippen LogP contribution in [0.15, 0.2) is 43.1 Å². The number of aromatic nitrogens is 5. The van der Waals surface area contributed by atoms with Crippen molar-refractivity contribution in [3.05, 3.63) is 48.8 Å². The number of aromatic amines is 1. The topological polar surface area (TPSA) is 79.1 Å². The standard InChI is InChI=1S/C14H11N5O/c20-8-10-1-2-11-12(6-16-13(11)18-10)9-5-17-14-15-3-4-19(14)7-9/h1-7,20H,8H2,(H,16,18). The zero-order valence-corrected chi connectivity index (χ0v) is 10.5. The molecule has 0 aromatic carbocycles. The molecule has 0 aliphatic carbocycles. The van der Waals surface area contributed by atoms with Gasteiger partial charge in [0.15, 0.2) is 0 Å². The number of nitrogens with one attached hydrogen (secondary N) is 1. The second-order valence-corrected chi connectivity index (χ2v) is 4.54. The Labute approximate surface area is 113 Å². The summed E-state index contributed by atoms with van der Waals surface area (Å²) in [4.78, 5) is 15.9. The van der Waals surface area contributed by atoms with E-state index in [4.69, 9.17) is 5.11 Å². The maximum atomic E-state index is 9.12. The Kier molecular flexibility index (Phi) is 2.30. The summed E-state index contributed by atoms with van der Waals surface area (Å²) < 4.78 is 1.88. The molecule has 0 unspecified atom stereocenters. The number of H-pyrrole nitrogens is 1. The van der Waals surface area contributed by atoms with E-state index < -0.39 is 0 Å². The lowest BCUT2D eigenvalue weighted by molar-refractivity contribution is 0.277. The number of fused-ring (bicyclic) bond motifs is 2. The minimum absolute atomic E-state index is 0.0627. The molecule has 0 aliphatic heterocycles. The molecule has 0 amide bonds. The van der Waals surface area contributed by atoms with E-state index in [1.807, 2.05) is 35.1 Å². The van der Waals surface area contributed by atoms with Gasteiger partial charge in [-0.2, -0.15) is 0 Å². The second-order valence-electron chi connectivity index (χ2n) is 4.54. The van der Waals surface area contributed by atoms with Crippen LogP contribution in [0.25, 0.3) is 27.9 Å². The average Bonchev–Trinajstić information content (AvgIpc) is 3.11. The van der Waals surface area contributed by atoms with E-state index in [0.717, 1.165) is 22.2 Å². The molecule has 0 radical (unpaired) electrons. The molecule has 4 rings (SSSR count). The van der Waals surface area contributed by atoms with Crippen molar-refractivity contribution in [1.82, 2.24) is 24.3 Å². The molecule has 20 heavy (non-hydrogen) atoms. The van der Waals surface area contributed by atoms with E-state index in [-0.39, 0.29) is 6.61 Å². The van der Waals surface area contributed by atoms with Gasteiger partial charge in [-0.25, -0.2) is 15.0 Å². The molecule has 0 fully saturated rings. The summed E-state index contributed by atoms with van der Waals surface area (Å²) in [6.45, 7) is -0.0627. The number of aliphatic hydroxyl groups excluding tert-OH is 1. The first kappa shape index (κ1) is 11.1. The van der Waals surface area contributed by atoms with Crippen LogP contribution in [0.3, 0.4) is 0 Å². The highest BCUT2D eigenvalue weighted by atomic mass is 16.3. The third-order valence-corrected chi connectivity index (χ3v) is 3.31. The fraction of sp³-hybridized carbons (Fsp3) is 0.0714. The van der Waals surface area contributed by atoms with Crippen molar-refractivity contribution < 1.29 is 5.11 Å². The van der Waals surface area contributed by atoms with Gasteiger partial charge < -0.3 is 10.1 Å². The van der Waals surface area contributed by atoms with E-state index in [2.05, 4.69) is 19.9 Å². The molecule has 4 aromatic rings. The SMILES string of the molecule is OCc1ccc2c(-c3cnc4nccn4c3)c[nH]c2n1. The first-order valence-corrected chi connectivity index (χ1v) is 6.22. The molecule has 98 valence electrons. The minimum atomic E-state index is -0.0627. The lowest BCUT2D eigenvalue weighted by atomic mass is 10.1. The fourth-order valence-electron chi connectivity index (χ4n) is 2.33. The molecule has 4 heterocycles. The van der Waals surface area contributed by atoms with Crippen LogP contribution in [0.1, 0.15) is 5.69 Å². The van der Waals surface area contributed by atoms with Crippen molar-refractivity contribution in [1.29, 1.82) is 0 Å². The number of hydrogen-bond donors (Lipinski definition) is 2. The summed E-state index contributed by atoms with van der Waals surface area (Å²) in [5, 5.41) is 10.1. The van der Waals surface area contributed by atoms with E-state index in [1.54, 1.807) is 12.4 Å². The van der Waals surface area contributed by atoms with Gasteiger partial charge in [0.05, 0.1) is 12.3 Å². The molecule has 0 atom stereocenters. The van der Waals surface area contributed by atoms with E-state index >= 15 is 0 Å². The van der Waals surface area contributed by atoms with Crippen LogP contribution in [0.4, 0.5) is 0 Å². The largest absolute Gasteiger partial charge is 0.390 e. The molecule has 6 heteroatoms. The Hall–Kier alpha value is -2.73. The second kappa shape index (κ2) is 4.14. The van der Waals surface area contributed by atoms with E-state index in [9.17, 15) is 0 Å². The van der Waals surface area contributed by atoms with Crippen molar-refractivity contribution in [3.63, 3.8) is 0 Å². The molecular formula is C14H11N5O. The lowest BCUT2D eigenvalue weighted by Gasteiger charge is -2.01. The Morgan fingerprint density at radius 2 is 2.20 bits per heavy atom. The van der Waals surface area contributed by atoms with Crippen LogP contribution in [0.2, 0.25) is 0 Å². The zero-order chi connectivity index (χ0) is 13.5. The van der Waals surface area contributed by atoms with Crippen molar-refractivity contribution in [3.8, 4) is 11.1 Å². The molecule has 0 spiro atoms. The van der Waals surface area contributed by atoms with Gasteiger partial charge in [0, 0.05) is 47.5 Å². The summed E-state index contributed by atoms with van der Waals surface area (Å²) >= 11 is 0. The van der Waals surface area contributed by atoms with E-state index in [1.165, 1.54) is 0 Å². The van der Waals surface area contributed by atoms with E-state index in [0.29, 0.717) is 11.5 Å². The quantitative estimate of drug-likeness (QED) is 0.579. The van der Waals surface area contributed by atoms with Gasteiger partial charge >= 0.3 is 0 Å². The van der Waals surface area contributed by atoms with Gasteiger partial charge in [-0.1, -0.05) is 0 Å². The molecule has 6 nitrogen and oxygen atoms in total. The predicted octanol–water partition coefficient (Wildman–Crippen LogP) is 1.76. The number of hydrogen-bond acceptors (Lipinski definition) is 4. The normalized spacial score (nSPS) is 11.4. The molecule has 4 aromatic heterocycles. The Bertz CT molecular complexity index is 908. The smallest absolute Gasteiger partial charge is 0.233 e. The highest BCUT2D eigenvalue weighted by Crippen LogP contribution is 2.27. The summed E-state index contributed by atoms with van der Waals surface area (Å²) in [5.74, 6) is 0.675. The van der Waals surface area contributed by atoms with Crippen LogP contribution in [0.5, 0.6) is 0 Å². The monoisotopic (exact) mass is 265 g/mol. The molecule has 2 N–H and O–H groups in total. The third kappa shape index (κ3) is 1.59. The van der Waals surface area contributed by atoms with Crippen molar-refractivity contribution in [2.75, 3.05) is 0 Å². The highest BCUT2D eigenvalue weighted by Gasteiger charge is 2.09. The molecular weight excluding hydrogens is 254 g/mol. The van der Waals surface area contributed by atoms with Crippen LogP contribution in [0, 0.1) is 0 Å². The number of aliphatic hydroxyl groups is 1. The molecule has 0 saturated carbocycles. The summed E-state index contributed by atoms with van der Waals surface area (Å²) in [5.41, 5.74) is 3.42. The Morgan fingerprint density at radius 3 is 3.10 bits per heavy atom. The summed E-state index contributed by atoms with van der Waals surface area (Å²) in [7, 11) is 0. The van der Waals surface area contributed by atoms with Crippen molar-refractivity contribution >= 4 is 16.8 Å². The molecule has 0 saturated heterocycles. The molecule has 0 bridgehead atoms. The number of pyridine rings is 1.